The SMILES string of the molecule is CNCCCNC(=O)c1nc(C(C)C)n(-c2ccccc2F)n1.Cl. The summed E-state index contributed by atoms with van der Waals surface area (Å²) in [5, 5.41) is 9.98. The molecule has 0 aliphatic carbocycles. The summed E-state index contributed by atoms with van der Waals surface area (Å²) in [6.45, 7) is 5.20. The van der Waals surface area contributed by atoms with Crippen LogP contribution in [0.2, 0.25) is 0 Å². The molecule has 0 saturated heterocycles. The summed E-state index contributed by atoms with van der Waals surface area (Å²) in [6.07, 6.45) is 0.813. The topological polar surface area (TPSA) is 71.8 Å². The van der Waals surface area contributed by atoms with E-state index in [1.54, 1.807) is 18.2 Å². The molecule has 0 saturated carbocycles. The van der Waals surface area contributed by atoms with Gasteiger partial charge in [0.2, 0.25) is 5.82 Å². The summed E-state index contributed by atoms with van der Waals surface area (Å²) in [5.74, 6) is -0.136. The van der Waals surface area contributed by atoms with E-state index in [4.69, 9.17) is 0 Å². The zero-order valence-corrected chi connectivity index (χ0v) is 14.9. The fraction of sp³-hybridized carbons (Fsp3) is 0.438. The number of hydrogen-bond donors (Lipinski definition) is 2. The zero-order valence-electron chi connectivity index (χ0n) is 14.0. The van der Waals surface area contributed by atoms with Gasteiger partial charge >= 0.3 is 0 Å². The Morgan fingerprint density at radius 3 is 2.62 bits per heavy atom. The lowest BCUT2D eigenvalue weighted by Crippen LogP contribution is -2.27. The van der Waals surface area contributed by atoms with Gasteiger partial charge in [-0.1, -0.05) is 26.0 Å². The standard InChI is InChI=1S/C16H22FN5O.ClH/c1-11(2)15-20-14(16(23)19-10-6-9-18-3)21-22(15)13-8-5-4-7-12(13)17;/h4-5,7-8,11,18H,6,9-10H2,1-3H3,(H,19,23);1H. The Kier molecular flexibility index (Phi) is 7.81. The molecule has 0 aliphatic rings. The van der Waals surface area contributed by atoms with E-state index in [1.165, 1.54) is 10.7 Å². The normalized spacial score (nSPS) is 10.5. The van der Waals surface area contributed by atoms with E-state index in [0.29, 0.717) is 12.4 Å². The molecule has 24 heavy (non-hydrogen) atoms. The number of rotatable bonds is 7. The van der Waals surface area contributed by atoms with E-state index >= 15 is 0 Å². The maximum atomic E-state index is 14.0. The maximum absolute atomic E-state index is 14.0. The van der Waals surface area contributed by atoms with Crippen molar-refractivity contribution in [1.29, 1.82) is 0 Å². The first kappa shape index (κ1) is 20.1. The predicted molar refractivity (Wildman–Crippen MR) is 93.5 cm³/mol. The van der Waals surface area contributed by atoms with Gasteiger partial charge in [0.1, 0.15) is 17.3 Å². The summed E-state index contributed by atoms with van der Waals surface area (Å²) in [7, 11) is 1.86. The number of carbonyl (C=O) groups is 1. The van der Waals surface area contributed by atoms with Gasteiger partial charge in [-0.2, -0.15) is 0 Å². The Balaban J connectivity index is 0.00000288. The Hall–Kier alpha value is -1.99. The molecule has 8 heteroatoms. The molecule has 0 fully saturated rings. The number of amides is 1. The number of nitrogens with zero attached hydrogens (tertiary/aromatic N) is 3. The highest BCUT2D eigenvalue weighted by Crippen LogP contribution is 2.19. The number of carbonyl (C=O) groups excluding carboxylic acids is 1. The van der Waals surface area contributed by atoms with Gasteiger partial charge < -0.3 is 10.6 Å². The van der Waals surface area contributed by atoms with E-state index < -0.39 is 5.82 Å². The quantitative estimate of drug-likeness (QED) is 0.747. The van der Waals surface area contributed by atoms with E-state index in [-0.39, 0.29) is 35.7 Å². The van der Waals surface area contributed by atoms with Crippen LogP contribution in [0.15, 0.2) is 24.3 Å². The summed E-state index contributed by atoms with van der Waals surface area (Å²) < 4.78 is 15.4. The van der Waals surface area contributed by atoms with Crippen LogP contribution in [0.1, 0.15) is 42.6 Å². The van der Waals surface area contributed by atoms with Crippen LogP contribution >= 0.6 is 12.4 Å². The van der Waals surface area contributed by atoms with Gasteiger partial charge in [-0.05, 0) is 32.1 Å². The molecule has 0 aliphatic heterocycles. The average Bonchev–Trinajstić information content (AvgIpc) is 2.97. The molecule has 0 spiro atoms. The summed E-state index contributed by atoms with van der Waals surface area (Å²) >= 11 is 0. The number of nitrogens with one attached hydrogen (secondary N) is 2. The van der Waals surface area contributed by atoms with Crippen LogP contribution in [-0.4, -0.2) is 40.8 Å². The number of halogens is 2. The van der Waals surface area contributed by atoms with Crippen molar-refractivity contribution in [2.45, 2.75) is 26.2 Å². The molecule has 1 aromatic heterocycles. The minimum atomic E-state index is -0.403. The van der Waals surface area contributed by atoms with Gasteiger partial charge in [0.15, 0.2) is 0 Å². The van der Waals surface area contributed by atoms with Crippen LogP contribution in [0.3, 0.4) is 0 Å². The second-order valence-corrected chi connectivity index (χ2v) is 5.52. The van der Waals surface area contributed by atoms with Crippen molar-refractivity contribution in [3.05, 3.63) is 41.7 Å². The summed E-state index contributed by atoms with van der Waals surface area (Å²) in [4.78, 5) is 16.4. The van der Waals surface area contributed by atoms with Crippen LogP contribution < -0.4 is 10.6 Å². The van der Waals surface area contributed by atoms with Crippen molar-refractivity contribution >= 4 is 18.3 Å². The molecule has 2 aromatic rings. The molecule has 1 amide bonds. The monoisotopic (exact) mass is 355 g/mol. The first-order valence-electron chi connectivity index (χ1n) is 7.69. The second kappa shape index (κ2) is 9.34. The lowest BCUT2D eigenvalue weighted by molar-refractivity contribution is 0.0943. The van der Waals surface area contributed by atoms with Crippen LogP contribution in [0, 0.1) is 5.82 Å². The van der Waals surface area contributed by atoms with Gasteiger partial charge in [0, 0.05) is 12.5 Å². The highest BCUT2D eigenvalue weighted by molar-refractivity contribution is 5.90. The average molecular weight is 356 g/mol. The molecule has 2 N–H and O–H groups in total. The molecule has 2 rings (SSSR count). The predicted octanol–water partition coefficient (Wildman–Crippen LogP) is 2.29. The highest BCUT2D eigenvalue weighted by Gasteiger charge is 2.20. The molecule has 1 aromatic carbocycles. The molecule has 0 radical (unpaired) electrons. The summed E-state index contributed by atoms with van der Waals surface area (Å²) in [6, 6.07) is 6.31. The Labute approximate surface area is 147 Å². The number of aromatic nitrogens is 3. The van der Waals surface area contributed by atoms with Crippen molar-refractivity contribution in [3.63, 3.8) is 0 Å². The second-order valence-electron chi connectivity index (χ2n) is 5.52. The van der Waals surface area contributed by atoms with E-state index in [2.05, 4.69) is 20.7 Å². The smallest absolute Gasteiger partial charge is 0.290 e. The maximum Gasteiger partial charge on any atom is 0.290 e. The van der Waals surface area contributed by atoms with Crippen molar-refractivity contribution in [2.75, 3.05) is 20.1 Å². The van der Waals surface area contributed by atoms with Crippen LogP contribution in [0.4, 0.5) is 4.39 Å². The van der Waals surface area contributed by atoms with Gasteiger partial charge in [0.05, 0.1) is 0 Å². The van der Waals surface area contributed by atoms with Crippen LogP contribution in [0.25, 0.3) is 5.69 Å². The Bertz CT molecular complexity index is 674. The van der Waals surface area contributed by atoms with Gasteiger partial charge in [0.25, 0.3) is 5.91 Å². The van der Waals surface area contributed by atoms with Crippen molar-refractivity contribution < 1.29 is 9.18 Å². The summed E-state index contributed by atoms with van der Waals surface area (Å²) in [5.41, 5.74) is 0.290. The zero-order chi connectivity index (χ0) is 16.8. The molecule has 6 nitrogen and oxygen atoms in total. The van der Waals surface area contributed by atoms with E-state index in [1.807, 2.05) is 20.9 Å². The molecule has 0 bridgehead atoms. The van der Waals surface area contributed by atoms with Crippen molar-refractivity contribution in [3.8, 4) is 5.69 Å². The van der Waals surface area contributed by atoms with Gasteiger partial charge in [-0.15, -0.1) is 17.5 Å². The molecule has 1 heterocycles. The minimum absolute atomic E-state index is 0. The first-order valence-corrected chi connectivity index (χ1v) is 7.69. The molecular formula is C16H23ClFN5O. The van der Waals surface area contributed by atoms with E-state index in [9.17, 15) is 9.18 Å². The third-order valence-corrected chi connectivity index (χ3v) is 3.32. The Morgan fingerprint density at radius 1 is 1.29 bits per heavy atom. The number of hydrogen-bond acceptors (Lipinski definition) is 4. The van der Waals surface area contributed by atoms with Crippen LogP contribution in [-0.2, 0) is 0 Å². The molecular weight excluding hydrogens is 333 g/mol. The first-order chi connectivity index (χ1) is 11.0. The lowest BCUT2D eigenvalue weighted by Gasteiger charge is -2.08. The number of benzene rings is 1. The van der Waals surface area contributed by atoms with Gasteiger partial charge in [-0.3, -0.25) is 4.79 Å². The van der Waals surface area contributed by atoms with E-state index in [0.717, 1.165) is 13.0 Å². The number of para-hydroxylation sites is 1. The fourth-order valence-corrected chi connectivity index (χ4v) is 2.14. The molecule has 0 unspecified atom stereocenters. The fourth-order valence-electron chi connectivity index (χ4n) is 2.14. The highest BCUT2D eigenvalue weighted by atomic mass is 35.5. The lowest BCUT2D eigenvalue weighted by atomic mass is 10.2. The molecule has 132 valence electrons. The minimum Gasteiger partial charge on any atom is -0.349 e. The van der Waals surface area contributed by atoms with Crippen LogP contribution in [0.5, 0.6) is 0 Å². The third-order valence-electron chi connectivity index (χ3n) is 3.32. The van der Waals surface area contributed by atoms with Gasteiger partial charge in [-0.25, -0.2) is 14.1 Å². The third kappa shape index (κ3) is 4.75. The largest absolute Gasteiger partial charge is 0.349 e. The molecule has 0 atom stereocenters. The van der Waals surface area contributed by atoms with Crippen molar-refractivity contribution in [2.24, 2.45) is 0 Å². The van der Waals surface area contributed by atoms with Crippen molar-refractivity contribution in [1.82, 2.24) is 25.4 Å². The Morgan fingerprint density at radius 2 is 2.00 bits per heavy atom.